The average molecular weight is 173 g/mol. The number of hydrogen-bond donors (Lipinski definition) is 2. The van der Waals surface area contributed by atoms with Gasteiger partial charge in [-0.25, -0.2) is 0 Å². The third kappa shape index (κ3) is 1.16. The van der Waals surface area contributed by atoms with Gasteiger partial charge in [0.05, 0.1) is 13.2 Å². The quantitative estimate of drug-likeness (QED) is 0.631. The molecule has 1 fully saturated rings. The first kappa shape index (κ1) is 9.96. The molecule has 0 bridgehead atoms. The molecule has 0 aromatic heterocycles. The normalized spacial score (nSPS) is 40.0. The minimum atomic E-state index is -0.0439. The summed E-state index contributed by atoms with van der Waals surface area (Å²) >= 11 is 0. The van der Waals surface area contributed by atoms with Crippen LogP contribution in [0.3, 0.4) is 0 Å². The summed E-state index contributed by atoms with van der Waals surface area (Å²) in [4.78, 5) is 0. The molecule has 2 unspecified atom stereocenters. The van der Waals surface area contributed by atoms with E-state index >= 15 is 0 Å². The second-order valence-corrected chi connectivity index (χ2v) is 3.89. The van der Waals surface area contributed by atoms with Crippen molar-refractivity contribution in [3.05, 3.63) is 0 Å². The Morgan fingerprint density at radius 1 is 1.50 bits per heavy atom. The summed E-state index contributed by atoms with van der Waals surface area (Å²) in [6, 6.07) is 0. The molecule has 0 radical (unpaired) electrons. The Morgan fingerprint density at radius 2 is 2.17 bits per heavy atom. The van der Waals surface area contributed by atoms with Gasteiger partial charge in [0.2, 0.25) is 0 Å². The summed E-state index contributed by atoms with van der Waals surface area (Å²) in [5.74, 6) is 0. The van der Waals surface area contributed by atoms with E-state index in [1.54, 1.807) is 7.11 Å². The van der Waals surface area contributed by atoms with Gasteiger partial charge in [-0.2, -0.15) is 0 Å². The highest BCUT2D eigenvalue weighted by Crippen LogP contribution is 2.65. The van der Waals surface area contributed by atoms with Gasteiger partial charge in [-0.3, -0.25) is 0 Å². The van der Waals surface area contributed by atoms with E-state index in [1.165, 1.54) is 0 Å². The number of nitrogens with two attached hydrogens (primary N) is 1. The van der Waals surface area contributed by atoms with Gasteiger partial charge in [0.25, 0.3) is 0 Å². The summed E-state index contributed by atoms with van der Waals surface area (Å²) in [6.45, 7) is 3.62. The highest BCUT2D eigenvalue weighted by atomic mass is 16.5. The smallest absolute Gasteiger partial charge is 0.0525 e. The first-order valence-electron chi connectivity index (χ1n) is 4.50. The zero-order valence-corrected chi connectivity index (χ0v) is 7.97. The largest absolute Gasteiger partial charge is 0.396 e. The van der Waals surface area contributed by atoms with Crippen molar-refractivity contribution in [2.75, 3.05) is 26.9 Å². The maximum Gasteiger partial charge on any atom is 0.0525 e. The predicted molar refractivity (Wildman–Crippen MR) is 47.8 cm³/mol. The molecule has 0 heterocycles. The first-order chi connectivity index (χ1) is 5.70. The van der Waals surface area contributed by atoms with Crippen molar-refractivity contribution in [3.8, 4) is 0 Å². The van der Waals surface area contributed by atoms with Crippen LogP contribution in [0, 0.1) is 10.8 Å². The molecule has 0 spiro atoms. The molecule has 3 nitrogen and oxygen atoms in total. The van der Waals surface area contributed by atoms with Crippen molar-refractivity contribution in [2.45, 2.75) is 19.8 Å². The fraction of sp³-hybridized carbons (Fsp3) is 1.00. The van der Waals surface area contributed by atoms with Crippen molar-refractivity contribution < 1.29 is 9.84 Å². The number of hydrogen-bond acceptors (Lipinski definition) is 3. The molecule has 0 aromatic carbocycles. The van der Waals surface area contributed by atoms with Crippen LogP contribution in [-0.2, 0) is 4.74 Å². The second kappa shape index (κ2) is 3.32. The zero-order chi connectivity index (χ0) is 9.24. The van der Waals surface area contributed by atoms with Crippen LogP contribution in [0.25, 0.3) is 0 Å². The van der Waals surface area contributed by atoms with Crippen molar-refractivity contribution in [1.29, 1.82) is 0 Å². The number of methoxy groups -OCH3 is 1. The monoisotopic (exact) mass is 173 g/mol. The van der Waals surface area contributed by atoms with Crippen molar-refractivity contribution in [1.82, 2.24) is 0 Å². The third-order valence-electron chi connectivity index (χ3n) is 3.47. The van der Waals surface area contributed by atoms with E-state index in [2.05, 4.69) is 6.92 Å². The lowest BCUT2D eigenvalue weighted by molar-refractivity contribution is 0.0892. The average Bonchev–Trinajstić information content (AvgIpc) is 2.76. The predicted octanol–water partition coefficient (Wildman–Crippen LogP) is 0.370. The van der Waals surface area contributed by atoms with E-state index in [0.717, 1.165) is 19.4 Å². The van der Waals surface area contributed by atoms with Crippen LogP contribution in [0.4, 0.5) is 0 Å². The molecule has 0 saturated heterocycles. The molecule has 3 N–H and O–H groups in total. The van der Waals surface area contributed by atoms with Gasteiger partial charge in [-0.05, 0) is 12.8 Å². The summed E-state index contributed by atoms with van der Waals surface area (Å²) in [5.41, 5.74) is 5.76. The van der Waals surface area contributed by atoms with Crippen molar-refractivity contribution >= 4 is 0 Å². The highest BCUT2D eigenvalue weighted by molar-refractivity contribution is 5.14. The van der Waals surface area contributed by atoms with Crippen LogP contribution in [0.2, 0.25) is 0 Å². The van der Waals surface area contributed by atoms with Crippen LogP contribution in [0.5, 0.6) is 0 Å². The van der Waals surface area contributed by atoms with Gasteiger partial charge < -0.3 is 15.6 Å². The Morgan fingerprint density at radius 3 is 2.42 bits per heavy atom. The van der Waals surface area contributed by atoms with Crippen molar-refractivity contribution in [2.24, 2.45) is 16.6 Å². The molecule has 1 rings (SSSR count). The molecular weight excluding hydrogens is 154 g/mol. The third-order valence-corrected chi connectivity index (χ3v) is 3.47. The van der Waals surface area contributed by atoms with Gasteiger partial charge >= 0.3 is 0 Å². The topological polar surface area (TPSA) is 55.5 Å². The Balaban J connectivity index is 2.62. The number of aliphatic hydroxyl groups excluding tert-OH is 1. The maximum atomic E-state index is 9.21. The Bertz CT molecular complexity index is 157. The minimum absolute atomic E-state index is 0.0439. The van der Waals surface area contributed by atoms with Crippen LogP contribution < -0.4 is 5.73 Å². The SMILES string of the molecule is CCC1(COC)CC1(CN)CO. The van der Waals surface area contributed by atoms with Crippen LogP contribution in [-0.4, -0.2) is 32.0 Å². The standard InChI is InChI=1S/C9H19NO2/c1-3-8(7-12-2)4-9(8,5-10)6-11/h11H,3-7,10H2,1-2H3. The van der Waals surface area contributed by atoms with Gasteiger partial charge in [0, 0.05) is 24.5 Å². The summed E-state index contributed by atoms with van der Waals surface area (Å²) in [6.07, 6.45) is 2.05. The molecule has 1 aliphatic carbocycles. The van der Waals surface area contributed by atoms with E-state index in [1.807, 2.05) is 0 Å². The lowest BCUT2D eigenvalue weighted by Crippen LogP contribution is -2.29. The molecule has 3 heteroatoms. The molecule has 1 saturated carbocycles. The zero-order valence-electron chi connectivity index (χ0n) is 7.97. The molecule has 1 aliphatic rings. The van der Waals surface area contributed by atoms with Crippen molar-refractivity contribution in [3.63, 3.8) is 0 Å². The van der Waals surface area contributed by atoms with Crippen LogP contribution in [0.1, 0.15) is 19.8 Å². The first-order valence-corrected chi connectivity index (χ1v) is 4.50. The lowest BCUT2D eigenvalue weighted by atomic mass is 9.91. The molecule has 0 amide bonds. The minimum Gasteiger partial charge on any atom is -0.396 e. The molecule has 2 atom stereocenters. The van der Waals surface area contributed by atoms with Gasteiger partial charge in [-0.1, -0.05) is 6.92 Å². The van der Waals surface area contributed by atoms with E-state index in [0.29, 0.717) is 6.54 Å². The van der Waals surface area contributed by atoms with Gasteiger partial charge in [0.15, 0.2) is 0 Å². The number of rotatable bonds is 5. The van der Waals surface area contributed by atoms with E-state index < -0.39 is 0 Å². The summed E-state index contributed by atoms with van der Waals surface area (Å²) in [7, 11) is 1.70. The lowest BCUT2D eigenvalue weighted by Gasteiger charge is -2.21. The fourth-order valence-electron chi connectivity index (χ4n) is 2.26. The molecule has 0 aliphatic heterocycles. The Labute approximate surface area is 73.9 Å². The maximum absolute atomic E-state index is 9.21. The van der Waals surface area contributed by atoms with Crippen LogP contribution in [0.15, 0.2) is 0 Å². The Kier molecular flexibility index (Phi) is 2.76. The van der Waals surface area contributed by atoms with Crippen LogP contribution >= 0.6 is 0 Å². The molecule has 72 valence electrons. The Hall–Kier alpha value is -0.120. The number of aliphatic hydroxyl groups is 1. The molecule has 0 aromatic rings. The summed E-state index contributed by atoms with van der Waals surface area (Å²) in [5, 5.41) is 9.21. The van der Waals surface area contributed by atoms with E-state index in [-0.39, 0.29) is 17.4 Å². The molecular formula is C9H19NO2. The van der Waals surface area contributed by atoms with E-state index in [9.17, 15) is 5.11 Å². The number of ether oxygens (including phenoxy) is 1. The second-order valence-electron chi connectivity index (χ2n) is 3.89. The fourth-order valence-corrected chi connectivity index (χ4v) is 2.26. The molecule has 12 heavy (non-hydrogen) atoms. The van der Waals surface area contributed by atoms with Gasteiger partial charge in [-0.15, -0.1) is 0 Å². The van der Waals surface area contributed by atoms with E-state index in [4.69, 9.17) is 10.5 Å². The summed E-state index contributed by atoms with van der Waals surface area (Å²) < 4.78 is 5.15. The van der Waals surface area contributed by atoms with Gasteiger partial charge in [0.1, 0.15) is 0 Å². The highest BCUT2D eigenvalue weighted by Gasteiger charge is 2.64.